The number of pyridine rings is 1. The van der Waals surface area contributed by atoms with Gasteiger partial charge in [0.05, 0.1) is 6.20 Å². The summed E-state index contributed by atoms with van der Waals surface area (Å²) in [6.07, 6.45) is 7.28. The van der Waals surface area contributed by atoms with Gasteiger partial charge in [0.25, 0.3) is 0 Å². The number of fused-ring (bicyclic) bond motifs is 1. The summed E-state index contributed by atoms with van der Waals surface area (Å²) in [5.41, 5.74) is -0.0285. The third kappa shape index (κ3) is 2.49. The molecular weight excluding hydrogens is 259 g/mol. The van der Waals surface area contributed by atoms with Crippen LogP contribution in [-0.2, 0) is 0 Å². The smallest absolute Gasteiger partial charge is 0.339 e. The highest BCUT2D eigenvalue weighted by molar-refractivity contribution is 5.93. The SMILES string of the molecule is O=C(O)c1cc(F)cnc1N1CCC2CCCCC2C1. The standard InChI is InChI=1S/C15H19FN2O2/c16-12-7-13(15(19)20)14(17-8-12)18-6-5-10-3-1-2-4-11(10)9-18/h7-8,10-11H,1-6,9H2,(H,19,20). The lowest BCUT2D eigenvalue weighted by Gasteiger charge is -2.42. The Kier molecular flexibility index (Phi) is 3.59. The first-order chi connectivity index (χ1) is 9.65. The molecule has 0 amide bonds. The lowest BCUT2D eigenvalue weighted by Crippen LogP contribution is -2.42. The summed E-state index contributed by atoms with van der Waals surface area (Å²) in [6, 6.07) is 1.07. The fraction of sp³-hybridized carbons (Fsp3) is 0.600. The lowest BCUT2D eigenvalue weighted by molar-refractivity contribution is 0.0696. The van der Waals surface area contributed by atoms with Crippen molar-refractivity contribution in [2.45, 2.75) is 32.1 Å². The molecule has 1 saturated heterocycles. The first-order valence-corrected chi connectivity index (χ1v) is 7.29. The first kappa shape index (κ1) is 13.3. The van der Waals surface area contributed by atoms with Crippen LogP contribution < -0.4 is 4.90 Å². The number of hydrogen-bond donors (Lipinski definition) is 1. The summed E-state index contributed by atoms with van der Waals surface area (Å²) < 4.78 is 13.2. The number of halogens is 1. The molecule has 1 aliphatic carbocycles. The van der Waals surface area contributed by atoms with E-state index in [1.165, 1.54) is 25.7 Å². The highest BCUT2D eigenvalue weighted by atomic mass is 19.1. The molecule has 5 heteroatoms. The van der Waals surface area contributed by atoms with Gasteiger partial charge in [-0.2, -0.15) is 0 Å². The van der Waals surface area contributed by atoms with Crippen LogP contribution >= 0.6 is 0 Å². The van der Waals surface area contributed by atoms with Gasteiger partial charge in [0.2, 0.25) is 0 Å². The van der Waals surface area contributed by atoms with E-state index in [1.807, 2.05) is 4.90 Å². The number of aromatic nitrogens is 1. The fourth-order valence-corrected chi connectivity index (χ4v) is 3.63. The van der Waals surface area contributed by atoms with E-state index in [4.69, 9.17) is 0 Å². The van der Waals surface area contributed by atoms with E-state index >= 15 is 0 Å². The molecule has 2 unspecified atom stereocenters. The lowest BCUT2D eigenvalue weighted by atomic mass is 9.75. The fourth-order valence-electron chi connectivity index (χ4n) is 3.63. The van der Waals surface area contributed by atoms with Gasteiger partial charge < -0.3 is 10.0 Å². The minimum Gasteiger partial charge on any atom is -0.478 e. The van der Waals surface area contributed by atoms with Crippen LogP contribution in [0.3, 0.4) is 0 Å². The van der Waals surface area contributed by atoms with Gasteiger partial charge in [0, 0.05) is 13.1 Å². The van der Waals surface area contributed by atoms with E-state index in [9.17, 15) is 14.3 Å². The highest BCUT2D eigenvalue weighted by Crippen LogP contribution is 2.37. The third-order valence-electron chi connectivity index (χ3n) is 4.65. The molecule has 1 aliphatic heterocycles. The first-order valence-electron chi connectivity index (χ1n) is 7.29. The predicted molar refractivity (Wildman–Crippen MR) is 73.4 cm³/mol. The maximum Gasteiger partial charge on any atom is 0.339 e. The molecule has 1 aromatic rings. The van der Waals surface area contributed by atoms with E-state index in [1.54, 1.807) is 0 Å². The number of carboxylic acids is 1. The van der Waals surface area contributed by atoms with Crippen molar-refractivity contribution >= 4 is 11.8 Å². The van der Waals surface area contributed by atoms with E-state index < -0.39 is 11.8 Å². The molecule has 1 aromatic heterocycles. The zero-order chi connectivity index (χ0) is 14.1. The maximum atomic E-state index is 13.2. The Morgan fingerprint density at radius 1 is 1.30 bits per heavy atom. The van der Waals surface area contributed by atoms with E-state index in [0.29, 0.717) is 11.7 Å². The Bertz CT molecular complexity index is 521. The maximum absolute atomic E-state index is 13.2. The van der Waals surface area contributed by atoms with Crippen LogP contribution in [0.25, 0.3) is 0 Å². The normalized spacial score (nSPS) is 26.1. The van der Waals surface area contributed by atoms with Gasteiger partial charge in [-0.05, 0) is 30.7 Å². The third-order valence-corrected chi connectivity index (χ3v) is 4.65. The molecule has 0 bridgehead atoms. The second-order valence-electron chi connectivity index (χ2n) is 5.87. The molecule has 4 nitrogen and oxygen atoms in total. The van der Waals surface area contributed by atoms with Crippen LogP contribution in [-0.4, -0.2) is 29.1 Å². The molecule has 0 spiro atoms. The zero-order valence-corrected chi connectivity index (χ0v) is 11.4. The minimum atomic E-state index is -1.11. The minimum absolute atomic E-state index is 0.0285. The van der Waals surface area contributed by atoms with E-state index in [0.717, 1.165) is 37.7 Å². The van der Waals surface area contributed by atoms with Gasteiger partial charge in [-0.15, -0.1) is 0 Å². The van der Waals surface area contributed by atoms with Crippen molar-refractivity contribution in [3.8, 4) is 0 Å². The van der Waals surface area contributed by atoms with Crippen molar-refractivity contribution in [1.29, 1.82) is 0 Å². The molecular formula is C15H19FN2O2. The van der Waals surface area contributed by atoms with Crippen LogP contribution in [0.4, 0.5) is 10.2 Å². The summed E-state index contributed by atoms with van der Waals surface area (Å²) in [5.74, 6) is 0.110. The second-order valence-corrected chi connectivity index (χ2v) is 5.87. The topological polar surface area (TPSA) is 53.4 Å². The monoisotopic (exact) mass is 278 g/mol. The van der Waals surface area contributed by atoms with Crippen molar-refractivity contribution in [3.05, 3.63) is 23.6 Å². The van der Waals surface area contributed by atoms with Crippen LogP contribution in [0.1, 0.15) is 42.5 Å². The van der Waals surface area contributed by atoms with Crippen molar-refractivity contribution in [2.24, 2.45) is 11.8 Å². The quantitative estimate of drug-likeness (QED) is 0.903. The van der Waals surface area contributed by atoms with Crippen LogP contribution in [0.2, 0.25) is 0 Å². The number of piperidine rings is 1. The Hall–Kier alpha value is -1.65. The van der Waals surface area contributed by atoms with Gasteiger partial charge in [-0.25, -0.2) is 14.2 Å². The summed E-state index contributed by atoms with van der Waals surface area (Å²) in [5, 5.41) is 9.22. The van der Waals surface area contributed by atoms with E-state index in [2.05, 4.69) is 4.98 Å². The Morgan fingerprint density at radius 2 is 2.05 bits per heavy atom. The van der Waals surface area contributed by atoms with Gasteiger partial charge in [0.1, 0.15) is 17.2 Å². The molecule has 2 heterocycles. The number of aromatic carboxylic acids is 1. The summed E-state index contributed by atoms with van der Waals surface area (Å²) >= 11 is 0. The molecule has 2 aliphatic rings. The zero-order valence-electron chi connectivity index (χ0n) is 11.4. The van der Waals surface area contributed by atoms with Crippen LogP contribution in [0.15, 0.2) is 12.3 Å². The number of anilines is 1. The second kappa shape index (κ2) is 5.38. The van der Waals surface area contributed by atoms with Gasteiger partial charge in [0.15, 0.2) is 0 Å². The molecule has 2 fully saturated rings. The number of carboxylic acid groups (broad SMARTS) is 1. The molecule has 1 N–H and O–H groups in total. The molecule has 1 saturated carbocycles. The van der Waals surface area contributed by atoms with Gasteiger partial charge in [-0.3, -0.25) is 0 Å². The summed E-state index contributed by atoms with van der Waals surface area (Å²) in [6.45, 7) is 1.67. The molecule has 0 radical (unpaired) electrons. The average molecular weight is 278 g/mol. The predicted octanol–water partition coefficient (Wildman–Crippen LogP) is 2.94. The van der Waals surface area contributed by atoms with E-state index in [-0.39, 0.29) is 5.56 Å². The van der Waals surface area contributed by atoms with Crippen molar-refractivity contribution in [1.82, 2.24) is 4.98 Å². The number of carbonyl (C=O) groups is 1. The van der Waals surface area contributed by atoms with Crippen molar-refractivity contribution in [2.75, 3.05) is 18.0 Å². The van der Waals surface area contributed by atoms with Crippen molar-refractivity contribution < 1.29 is 14.3 Å². The molecule has 20 heavy (non-hydrogen) atoms. The summed E-state index contributed by atoms with van der Waals surface area (Å²) in [7, 11) is 0. The average Bonchev–Trinajstić information content (AvgIpc) is 2.46. The Labute approximate surface area is 117 Å². The molecule has 2 atom stereocenters. The summed E-state index contributed by atoms with van der Waals surface area (Å²) in [4.78, 5) is 17.3. The molecule has 108 valence electrons. The highest BCUT2D eigenvalue weighted by Gasteiger charge is 2.32. The Morgan fingerprint density at radius 3 is 2.80 bits per heavy atom. The number of hydrogen-bond acceptors (Lipinski definition) is 3. The molecule has 3 rings (SSSR count). The van der Waals surface area contributed by atoms with Gasteiger partial charge in [-0.1, -0.05) is 19.3 Å². The van der Waals surface area contributed by atoms with Crippen molar-refractivity contribution in [3.63, 3.8) is 0 Å². The van der Waals surface area contributed by atoms with Crippen LogP contribution in [0.5, 0.6) is 0 Å². The van der Waals surface area contributed by atoms with Crippen LogP contribution in [0, 0.1) is 17.7 Å². The Balaban J connectivity index is 1.84. The largest absolute Gasteiger partial charge is 0.478 e. The number of nitrogens with zero attached hydrogens (tertiary/aromatic N) is 2. The molecule has 0 aromatic carbocycles. The van der Waals surface area contributed by atoms with Gasteiger partial charge >= 0.3 is 5.97 Å². The number of rotatable bonds is 2.